The summed E-state index contributed by atoms with van der Waals surface area (Å²) in [5.74, 6) is 0.757. The predicted octanol–water partition coefficient (Wildman–Crippen LogP) is 2.50. The van der Waals surface area contributed by atoms with E-state index in [9.17, 15) is 9.59 Å². The van der Waals surface area contributed by atoms with Crippen molar-refractivity contribution in [3.05, 3.63) is 64.5 Å². The Balaban J connectivity index is 1.37. The molecule has 0 radical (unpaired) electrons. The van der Waals surface area contributed by atoms with Crippen LogP contribution in [0.2, 0.25) is 0 Å². The maximum absolute atomic E-state index is 12.7. The molecule has 2 aromatic carbocycles. The van der Waals surface area contributed by atoms with Crippen LogP contribution in [-0.4, -0.2) is 33.6 Å². The highest BCUT2D eigenvalue weighted by Crippen LogP contribution is 2.32. The lowest BCUT2D eigenvalue weighted by Gasteiger charge is -2.10. The zero-order chi connectivity index (χ0) is 22.0. The van der Waals surface area contributed by atoms with Crippen LogP contribution >= 0.6 is 0 Å². The molecule has 0 spiro atoms. The second kappa shape index (κ2) is 8.47. The smallest absolute Gasteiger partial charge is 0.278 e. The Kier molecular flexibility index (Phi) is 5.57. The van der Waals surface area contributed by atoms with E-state index in [1.807, 2.05) is 50.2 Å². The van der Waals surface area contributed by atoms with Crippen molar-refractivity contribution in [3.8, 4) is 11.5 Å². The van der Waals surface area contributed by atoms with Gasteiger partial charge in [0.05, 0.1) is 5.69 Å². The van der Waals surface area contributed by atoms with Gasteiger partial charge in [0, 0.05) is 12.2 Å². The van der Waals surface area contributed by atoms with Gasteiger partial charge in [0.15, 0.2) is 17.2 Å². The van der Waals surface area contributed by atoms with Crippen LogP contribution in [0.15, 0.2) is 36.4 Å². The van der Waals surface area contributed by atoms with Gasteiger partial charge in [-0.2, -0.15) is 0 Å². The number of amides is 2. The van der Waals surface area contributed by atoms with Crippen molar-refractivity contribution < 1.29 is 19.1 Å². The number of hydrogen-bond donors (Lipinski definition) is 2. The molecule has 0 atom stereocenters. The third-order valence-electron chi connectivity index (χ3n) is 5.14. The average Bonchev–Trinajstić information content (AvgIpc) is 3.35. The zero-order valence-corrected chi connectivity index (χ0v) is 17.6. The molecule has 9 nitrogen and oxygen atoms in total. The van der Waals surface area contributed by atoms with Gasteiger partial charge < -0.3 is 20.1 Å². The molecule has 3 aromatic rings. The van der Waals surface area contributed by atoms with Crippen molar-refractivity contribution in [3.63, 3.8) is 0 Å². The summed E-state index contributed by atoms with van der Waals surface area (Å²) in [5.41, 5.74) is 4.26. The number of aromatic nitrogens is 3. The Morgan fingerprint density at radius 2 is 1.81 bits per heavy atom. The minimum Gasteiger partial charge on any atom is -0.454 e. The first-order valence-corrected chi connectivity index (χ1v) is 9.85. The number of nitrogens with zero attached hydrogens (tertiary/aromatic N) is 3. The summed E-state index contributed by atoms with van der Waals surface area (Å²) in [6, 6.07) is 11.3. The Hall–Kier alpha value is -3.88. The number of benzene rings is 2. The van der Waals surface area contributed by atoms with Gasteiger partial charge in [0.1, 0.15) is 6.54 Å². The number of fused-ring (bicyclic) bond motifs is 1. The van der Waals surface area contributed by atoms with Crippen LogP contribution in [-0.2, 0) is 17.9 Å². The van der Waals surface area contributed by atoms with Crippen LogP contribution in [0.1, 0.15) is 32.9 Å². The number of anilines is 1. The quantitative estimate of drug-likeness (QED) is 0.633. The van der Waals surface area contributed by atoms with Crippen LogP contribution in [0.3, 0.4) is 0 Å². The molecule has 0 saturated heterocycles. The standard InChI is InChI=1S/C22H23N5O4/c1-13-5-4-6-14(2)20(13)24-22(29)21-15(3)27(26-25-21)11-19(28)23-10-16-7-8-17-18(9-16)31-12-30-17/h4-9H,10-12H2,1-3H3,(H,23,28)(H,24,29). The highest BCUT2D eigenvalue weighted by molar-refractivity contribution is 6.04. The number of ether oxygens (including phenoxy) is 2. The molecule has 1 aliphatic rings. The first-order chi connectivity index (χ1) is 14.9. The van der Waals surface area contributed by atoms with Gasteiger partial charge in [0.2, 0.25) is 12.7 Å². The number of carbonyl (C=O) groups is 2. The summed E-state index contributed by atoms with van der Waals surface area (Å²) in [7, 11) is 0. The molecule has 0 fully saturated rings. The van der Waals surface area contributed by atoms with Gasteiger partial charge in [0.25, 0.3) is 5.91 Å². The van der Waals surface area contributed by atoms with E-state index in [1.165, 1.54) is 4.68 Å². The van der Waals surface area contributed by atoms with E-state index in [0.717, 1.165) is 22.4 Å². The van der Waals surface area contributed by atoms with E-state index >= 15 is 0 Å². The molecule has 0 bridgehead atoms. The molecular formula is C22H23N5O4. The van der Waals surface area contributed by atoms with Crippen LogP contribution in [0.5, 0.6) is 11.5 Å². The van der Waals surface area contributed by atoms with Crippen molar-refractivity contribution >= 4 is 17.5 Å². The van der Waals surface area contributed by atoms with Gasteiger partial charge >= 0.3 is 0 Å². The summed E-state index contributed by atoms with van der Waals surface area (Å²) in [4.78, 5) is 25.1. The maximum atomic E-state index is 12.7. The molecule has 2 N–H and O–H groups in total. The van der Waals surface area contributed by atoms with Crippen molar-refractivity contribution in [2.24, 2.45) is 0 Å². The SMILES string of the molecule is Cc1cccc(C)c1NC(=O)c1nnn(CC(=O)NCc2ccc3c(c2)OCO3)c1C. The lowest BCUT2D eigenvalue weighted by atomic mass is 10.1. The Labute approximate surface area is 179 Å². The first-order valence-electron chi connectivity index (χ1n) is 9.85. The lowest BCUT2D eigenvalue weighted by molar-refractivity contribution is -0.122. The highest BCUT2D eigenvalue weighted by atomic mass is 16.7. The minimum atomic E-state index is -0.359. The summed E-state index contributed by atoms with van der Waals surface area (Å²) >= 11 is 0. The average molecular weight is 421 g/mol. The molecule has 0 saturated carbocycles. The third kappa shape index (κ3) is 4.35. The molecule has 2 amide bonds. The molecular weight excluding hydrogens is 398 g/mol. The number of para-hydroxylation sites is 1. The molecule has 160 valence electrons. The fraction of sp³-hybridized carbons (Fsp3) is 0.273. The first kappa shape index (κ1) is 20.4. The number of hydrogen-bond acceptors (Lipinski definition) is 6. The molecule has 9 heteroatoms. The molecule has 1 aromatic heterocycles. The highest BCUT2D eigenvalue weighted by Gasteiger charge is 2.19. The van der Waals surface area contributed by atoms with Gasteiger partial charge in [-0.1, -0.05) is 29.5 Å². The van der Waals surface area contributed by atoms with Gasteiger partial charge in [-0.25, -0.2) is 4.68 Å². The number of carbonyl (C=O) groups excluding carboxylic acids is 2. The van der Waals surface area contributed by atoms with Gasteiger partial charge in [-0.3, -0.25) is 9.59 Å². The number of aryl methyl sites for hydroxylation is 2. The van der Waals surface area contributed by atoms with E-state index < -0.39 is 0 Å². The predicted molar refractivity (Wildman–Crippen MR) is 113 cm³/mol. The van der Waals surface area contributed by atoms with E-state index in [1.54, 1.807) is 6.92 Å². The summed E-state index contributed by atoms with van der Waals surface area (Å²) in [5, 5.41) is 13.7. The second-order valence-electron chi connectivity index (χ2n) is 7.37. The zero-order valence-electron chi connectivity index (χ0n) is 17.6. The fourth-order valence-electron chi connectivity index (χ4n) is 3.35. The van der Waals surface area contributed by atoms with Crippen LogP contribution in [0, 0.1) is 20.8 Å². The van der Waals surface area contributed by atoms with Crippen molar-refractivity contribution in [1.82, 2.24) is 20.3 Å². The van der Waals surface area contributed by atoms with Crippen LogP contribution < -0.4 is 20.1 Å². The summed E-state index contributed by atoms with van der Waals surface area (Å²) in [6.07, 6.45) is 0. The largest absolute Gasteiger partial charge is 0.454 e. The topological polar surface area (TPSA) is 107 Å². The van der Waals surface area contributed by atoms with Crippen molar-refractivity contribution in [2.75, 3.05) is 12.1 Å². The maximum Gasteiger partial charge on any atom is 0.278 e. The third-order valence-corrected chi connectivity index (χ3v) is 5.14. The normalized spacial score (nSPS) is 12.0. The second-order valence-corrected chi connectivity index (χ2v) is 7.37. The summed E-state index contributed by atoms with van der Waals surface area (Å²) < 4.78 is 12.0. The van der Waals surface area contributed by atoms with Crippen LogP contribution in [0.4, 0.5) is 5.69 Å². The van der Waals surface area contributed by atoms with E-state index in [-0.39, 0.29) is 30.8 Å². The Morgan fingerprint density at radius 1 is 1.06 bits per heavy atom. The number of nitrogens with one attached hydrogen (secondary N) is 2. The van der Waals surface area contributed by atoms with E-state index in [2.05, 4.69) is 20.9 Å². The number of rotatable bonds is 6. The summed E-state index contributed by atoms with van der Waals surface area (Å²) in [6.45, 7) is 6.07. The lowest BCUT2D eigenvalue weighted by Crippen LogP contribution is -2.28. The molecule has 4 rings (SSSR count). The van der Waals surface area contributed by atoms with Gasteiger partial charge in [-0.15, -0.1) is 5.10 Å². The van der Waals surface area contributed by atoms with Crippen molar-refractivity contribution in [1.29, 1.82) is 0 Å². The van der Waals surface area contributed by atoms with E-state index in [0.29, 0.717) is 23.7 Å². The Bertz CT molecular complexity index is 1130. The molecule has 1 aliphatic heterocycles. The van der Waals surface area contributed by atoms with Crippen LogP contribution in [0.25, 0.3) is 0 Å². The fourth-order valence-corrected chi connectivity index (χ4v) is 3.35. The molecule has 2 heterocycles. The monoisotopic (exact) mass is 421 g/mol. The Morgan fingerprint density at radius 3 is 2.58 bits per heavy atom. The molecule has 31 heavy (non-hydrogen) atoms. The van der Waals surface area contributed by atoms with Crippen molar-refractivity contribution in [2.45, 2.75) is 33.9 Å². The minimum absolute atomic E-state index is 0.0416. The molecule has 0 unspecified atom stereocenters. The molecule has 0 aliphatic carbocycles. The van der Waals surface area contributed by atoms with E-state index in [4.69, 9.17) is 9.47 Å². The van der Waals surface area contributed by atoms with Gasteiger partial charge in [-0.05, 0) is 49.6 Å².